The van der Waals surface area contributed by atoms with Crippen LogP contribution in [0.2, 0.25) is 0 Å². The summed E-state index contributed by atoms with van der Waals surface area (Å²) in [6.07, 6.45) is 0. The van der Waals surface area contributed by atoms with E-state index in [1.165, 1.54) is 0 Å². The molecule has 0 fully saturated rings. The van der Waals surface area contributed by atoms with Crippen LogP contribution in [0, 0.1) is 5.21 Å². The fourth-order valence-corrected chi connectivity index (χ4v) is 3.65. The Morgan fingerprint density at radius 2 is 1.50 bits per heavy atom. The smallest absolute Gasteiger partial charge is 0.125 e. The third-order valence-corrected chi connectivity index (χ3v) is 5.02. The van der Waals surface area contributed by atoms with Gasteiger partial charge in [0.1, 0.15) is 6.04 Å². The molecule has 0 spiro atoms. The molecule has 2 rings (SSSR count). The highest BCUT2D eigenvalue weighted by Crippen LogP contribution is 2.16. The van der Waals surface area contributed by atoms with Gasteiger partial charge in [0, 0.05) is 10.5 Å². The number of rotatable bonds is 5. The van der Waals surface area contributed by atoms with Crippen molar-refractivity contribution in [2.45, 2.75) is 37.2 Å². The fourth-order valence-electron chi connectivity index (χ4n) is 2.35. The van der Waals surface area contributed by atoms with Gasteiger partial charge < -0.3 is 10.3 Å². The monoisotopic (exact) mass is 317 g/mol. The Kier molecular flexibility index (Phi) is 5.51. The maximum Gasteiger partial charge on any atom is 0.125 e. The van der Waals surface area contributed by atoms with E-state index in [9.17, 15) is 9.42 Å². The summed E-state index contributed by atoms with van der Waals surface area (Å²) in [7, 11) is -1.19. The third-order valence-electron chi connectivity index (χ3n) is 3.58. The van der Waals surface area contributed by atoms with E-state index in [0.717, 1.165) is 10.5 Å². The Morgan fingerprint density at radius 3 is 2.00 bits per heavy atom. The Labute approximate surface area is 135 Å². The lowest BCUT2D eigenvalue weighted by molar-refractivity contribution is -0.926. The summed E-state index contributed by atoms with van der Waals surface area (Å²) in [6.45, 7) is 5.74. The minimum Gasteiger partial charge on any atom is -0.633 e. The average molecular weight is 317 g/mol. The van der Waals surface area contributed by atoms with Gasteiger partial charge in [-0.3, -0.25) is 4.21 Å². The van der Waals surface area contributed by atoms with Crippen molar-refractivity contribution in [1.82, 2.24) is 0 Å². The van der Waals surface area contributed by atoms with Crippen molar-refractivity contribution in [3.05, 3.63) is 71.4 Å². The van der Waals surface area contributed by atoms with Gasteiger partial charge in [0.2, 0.25) is 0 Å². The number of hydrogen-bond acceptors (Lipinski definition) is 2. The van der Waals surface area contributed by atoms with E-state index in [4.69, 9.17) is 0 Å². The van der Waals surface area contributed by atoms with Crippen LogP contribution in [0.1, 0.15) is 32.4 Å². The van der Waals surface area contributed by atoms with Crippen LogP contribution in [0.3, 0.4) is 0 Å². The zero-order chi connectivity index (χ0) is 16.2. The quantitative estimate of drug-likeness (QED) is 0.862. The van der Waals surface area contributed by atoms with Crippen molar-refractivity contribution in [3.8, 4) is 0 Å². The van der Waals surface area contributed by atoms with E-state index in [0.29, 0.717) is 5.75 Å². The lowest BCUT2D eigenvalue weighted by Crippen LogP contribution is -3.15. The van der Waals surface area contributed by atoms with Crippen LogP contribution in [0.4, 0.5) is 0 Å². The molecule has 0 aromatic heterocycles. The lowest BCUT2D eigenvalue weighted by Gasteiger charge is -2.41. The van der Waals surface area contributed by atoms with Crippen LogP contribution < -0.4 is 5.06 Å². The average Bonchev–Trinajstić information content (AvgIpc) is 2.52. The Morgan fingerprint density at radius 1 is 1.00 bits per heavy atom. The molecular formula is C18H23NO2S. The third kappa shape index (κ3) is 4.26. The molecule has 0 saturated heterocycles. The van der Waals surface area contributed by atoms with Gasteiger partial charge in [0.05, 0.1) is 22.1 Å². The number of benzene rings is 2. The van der Waals surface area contributed by atoms with Gasteiger partial charge in [-0.2, -0.15) is 0 Å². The van der Waals surface area contributed by atoms with E-state index >= 15 is 0 Å². The predicted molar refractivity (Wildman–Crippen MR) is 91.0 cm³/mol. The summed E-state index contributed by atoms with van der Waals surface area (Å²) >= 11 is 0. The summed E-state index contributed by atoms with van der Waals surface area (Å²) in [4.78, 5) is 0.769. The van der Waals surface area contributed by atoms with Gasteiger partial charge in [-0.05, 0) is 32.9 Å². The molecule has 0 aliphatic rings. The molecule has 4 heteroatoms. The largest absolute Gasteiger partial charge is 0.633 e. The normalized spacial score (nSPS) is 16.0. The topological polar surface area (TPSA) is 44.6 Å². The van der Waals surface area contributed by atoms with Crippen LogP contribution in [0.25, 0.3) is 0 Å². The van der Waals surface area contributed by atoms with E-state index in [2.05, 4.69) is 0 Å². The van der Waals surface area contributed by atoms with Gasteiger partial charge >= 0.3 is 0 Å². The van der Waals surface area contributed by atoms with Crippen LogP contribution >= 0.6 is 0 Å². The van der Waals surface area contributed by atoms with Gasteiger partial charge in [0.25, 0.3) is 0 Å². The van der Waals surface area contributed by atoms with Crippen LogP contribution in [-0.2, 0) is 10.8 Å². The first kappa shape index (κ1) is 16.9. The first-order valence-electron chi connectivity index (χ1n) is 7.42. The highest BCUT2D eigenvalue weighted by atomic mass is 32.2. The van der Waals surface area contributed by atoms with Crippen molar-refractivity contribution in [2.24, 2.45) is 0 Å². The SMILES string of the molecule is CC(C)(C)[NH+]([O-])C(CS(=O)c1ccccc1)c1ccccc1. The molecule has 0 radical (unpaired) electrons. The number of hydroxylamine groups is 2. The van der Waals surface area contributed by atoms with Crippen LogP contribution in [-0.4, -0.2) is 15.5 Å². The molecule has 0 aliphatic heterocycles. The van der Waals surface area contributed by atoms with Crippen molar-refractivity contribution in [3.63, 3.8) is 0 Å². The number of quaternary nitrogens is 1. The molecule has 0 aliphatic carbocycles. The second-order valence-electron chi connectivity index (χ2n) is 6.40. The summed E-state index contributed by atoms with van der Waals surface area (Å²) in [5, 5.41) is 12.9. The standard InChI is InChI=1S/C18H23NO2S/c1-18(2,3)19(20)17(15-10-6-4-7-11-15)14-22(21)16-12-8-5-9-13-16/h4-13,17,19H,14H2,1-3H3. The predicted octanol–water partition coefficient (Wildman–Crippen LogP) is 2.72. The molecule has 0 saturated carbocycles. The Hall–Kier alpha value is -1.49. The zero-order valence-corrected chi connectivity index (χ0v) is 14.1. The van der Waals surface area contributed by atoms with Gasteiger partial charge in [-0.1, -0.05) is 48.5 Å². The van der Waals surface area contributed by atoms with Crippen LogP contribution in [0.15, 0.2) is 65.6 Å². The molecule has 22 heavy (non-hydrogen) atoms. The molecule has 1 N–H and O–H groups in total. The maximum atomic E-state index is 12.8. The van der Waals surface area contributed by atoms with Gasteiger partial charge in [-0.15, -0.1) is 0 Å². The van der Waals surface area contributed by atoms with Gasteiger partial charge in [0.15, 0.2) is 0 Å². The molecule has 0 bridgehead atoms. The Balaban J connectivity index is 2.28. The second-order valence-corrected chi connectivity index (χ2v) is 7.90. The van der Waals surface area contributed by atoms with E-state index in [-0.39, 0.29) is 11.1 Å². The lowest BCUT2D eigenvalue weighted by atomic mass is 10.0. The molecule has 2 aromatic rings. The first-order chi connectivity index (χ1) is 10.4. The summed E-state index contributed by atoms with van der Waals surface area (Å²) in [6, 6.07) is 18.6. The second kappa shape index (κ2) is 7.18. The zero-order valence-electron chi connectivity index (χ0n) is 13.3. The molecule has 118 valence electrons. The summed E-state index contributed by atoms with van der Waals surface area (Å²) < 4.78 is 12.6. The van der Waals surface area contributed by atoms with Crippen molar-refractivity contribution in [2.75, 3.05) is 5.75 Å². The highest BCUT2D eigenvalue weighted by molar-refractivity contribution is 7.85. The fraction of sp³-hybridized carbons (Fsp3) is 0.333. The molecule has 3 unspecified atom stereocenters. The summed E-state index contributed by atoms with van der Waals surface area (Å²) in [5.74, 6) is 0.324. The number of nitrogens with one attached hydrogen (secondary N) is 1. The van der Waals surface area contributed by atoms with Crippen LogP contribution in [0.5, 0.6) is 0 Å². The molecule has 3 atom stereocenters. The van der Waals surface area contributed by atoms with E-state index in [1.807, 2.05) is 81.4 Å². The Bertz CT molecular complexity index is 608. The van der Waals surface area contributed by atoms with Crippen molar-refractivity contribution >= 4 is 10.8 Å². The maximum absolute atomic E-state index is 12.8. The highest BCUT2D eigenvalue weighted by Gasteiger charge is 2.29. The summed E-state index contributed by atoms with van der Waals surface area (Å²) in [5.41, 5.74) is 0.480. The van der Waals surface area contributed by atoms with Crippen molar-refractivity contribution < 1.29 is 9.27 Å². The minimum absolute atomic E-state index is 0.128. The molecule has 3 nitrogen and oxygen atoms in total. The van der Waals surface area contributed by atoms with Gasteiger partial charge in [-0.25, -0.2) is 0 Å². The molecule has 2 aromatic carbocycles. The molecular weight excluding hydrogens is 294 g/mol. The van der Waals surface area contributed by atoms with Crippen molar-refractivity contribution in [1.29, 1.82) is 0 Å². The minimum atomic E-state index is -1.19. The molecule has 0 heterocycles. The first-order valence-corrected chi connectivity index (χ1v) is 8.74. The van der Waals surface area contributed by atoms with E-state index in [1.54, 1.807) is 0 Å². The number of hydrogen-bond donors (Lipinski definition) is 1. The van der Waals surface area contributed by atoms with E-state index < -0.39 is 16.3 Å². The molecule has 0 amide bonds.